The van der Waals surface area contributed by atoms with Crippen LogP contribution < -0.4 is 5.32 Å². The summed E-state index contributed by atoms with van der Waals surface area (Å²) >= 11 is 0. The highest BCUT2D eigenvalue weighted by Gasteiger charge is 2.28. The van der Waals surface area contributed by atoms with Crippen LogP contribution in [-0.4, -0.2) is 30.8 Å². The summed E-state index contributed by atoms with van der Waals surface area (Å²) in [5.41, 5.74) is 3.72. The Morgan fingerprint density at radius 1 is 1.31 bits per heavy atom. The van der Waals surface area contributed by atoms with Crippen LogP contribution in [0.25, 0.3) is 11.1 Å². The molecule has 3 heterocycles. The molecule has 1 amide bonds. The van der Waals surface area contributed by atoms with Gasteiger partial charge in [-0.3, -0.25) is 4.79 Å². The summed E-state index contributed by atoms with van der Waals surface area (Å²) in [6.45, 7) is 7.87. The van der Waals surface area contributed by atoms with Crippen molar-refractivity contribution in [1.29, 1.82) is 0 Å². The number of amides is 1. The van der Waals surface area contributed by atoms with Crippen LogP contribution in [0.1, 0.15) is 72.4 Å². The molecule has 1 aliphatic carbocycles. The maximum absolute atomic E-state index is 13.2. The third-order valence-electron chi connectivity index (χ3n) is 4.94. The zero-order valence-electron chi connectivity index (χ0n) is 15.4. The lowest BCUT2D eigenvalue weighted by Crippen LogP contribution is -2.30. The molecule has 0 spiro atoms. The highest BCUT2D eigenvalue weighted by Crippen LogP contribution is 2.32. The maximum Gasteiger partial charge on any atom is 0.259 e. The standard InChI is InChI=1S/C18H22N6O2/c1-9(2)24-8-19-22-16(24)11(4)20-17(25)15-12-6-5-7-13(12)21-18-14(15)10(3)23-26-18/h8-9,11H,5-7H2,1-4H3,(H,20,25)/t11-/m0/s1. The number of aryl methyl sites for hydroxylation is 2. The van der Waals surface area contributed by atoms with Crippen molar-refractivity contribution in [3.8, 4) is 0 Å². The summed E-state index contributed by atoms with van der Waals surface area (Å²) in [6.07, 6.45) is 4.40. The van der Waals surface area contributed by atoms with E-state index in [2.05, 4.69) is 39.5 Å². The largest absolute Gasteiger partial charge is 0.342 e. The van der Waals surface area contributed by atoms with Gasteiger partial charge in [0, 0.05) is 11.7 Å². The Kier molecular flexibility index (Phi) is 3.97. The van der Waals surface area contributed by atoms with E-state index in [-0.39, 0.29) is 18.0 Å². The molecule has 1 N–H and O–H groups in total. The first kappa shape index (κ1) is 16.7. The Balaban J connectivity index is 1.73. The molecule has 0 radical (unpaired) electrons. The lowest BCUT2D eigenvalue weighted by molar-refractivity contribution is 0.0938. The van der Waals surface area contributed by atoms with Crippen LogP contribution >= 0.6 is 0 Å². The van der Waals surface area contributed by atoms with E-state index >= 15 is 0 Å². The molecule has 0 aliphatic heterocycles. The molecule has 0 saturated carbocycles. The number of hydrogen-bond acceptors (Lipinski definition) is 6. The number of nitrogens with zero attached hydrogens (tertiary/aromatic N) is 5. The minimum absolute atomic E-state index is 0.146. The lowest BCUT2D eigenvalue weighted by atomic mass is 10.0. The number of nitrogens with one attached hydrogen (secondary N) is 1. The van der Waals surface area contributed by atoms with Gasteiger partial charge in [0.15, 0.2) is 5.82 Å². The number of hydrogen-bond donors (Lipinski definition) is 1. The molecule has 1 atom stereocenters. The molecular weight excluding hydrogens is 332 g/mol. The maximum atomic E-state index is 13.2. The molecule has 26 heavy (non-hydrogen) atoms. The van der Waals surface area contributed by atoms with Gasteiger partial charge in [0.1, 0.15) is 6.33 Å². The monoisotopic (exact) mass is 354 g/mol. The topological polar surface area (TPSA) is 98.7 Å². The van der Waals surface area contributed by atoms with E-state index in [1.54, 1.807) is 6.33 Å². The smallest absolute Gasteiger partial charge is 0.259 e. The average molecular weight is 354 g/mol. The minimum Gasteiger partial charge on any atom is -0.342 e. The highest BCUT2D eigenvalue weighted by molar-refractivity contribution is 6.07. The third kappa shape index (κ3) is 2.56. The summed E-state index contributed by atoms with van der Waals surface area (Å²) in [6, 6.07) is -0.0515. The van der Waals surface area contributed by atoms with Crippen molar-refractivity contribution < 1.29 is 9.32 Å². The van der Waals surface area contributed by atoms with E-state index in [0.29, 0.717) is 22.4 Å². The fraction of sp³-hybridized carbons (Fsp3) is 0.500. The van der Waals surface area contributed by atoms with Crippen LogP contribution in [0.3, 0.4) is 0 Å². The molecule has 136 valence electrons. The third-order valence-corrected chi connectivity index (χ3v) is 4.94. The second-order valence-corrected chi connectivity index (χ2v) is 7.10. The summed E-state index contributed by atoms with van der Waals surface area (Å²) < 4.78 is 7.29. The molecule has 1 aliphatic rings. The Bertz CT molecular complexity index is 987. The molecule has 8 heteroatoms. The van der Waals surface area contributed by atoms with Crippen LogP contribution in [0.2, 0.25) is 0 Å². The van der Waals surface area contributed by atoms with Crippen LogP contribution in [0.15, 0.2) is 10.9 Å². The second-order valence-electron chi connectivity index (χ2n) is 7.10. The molecule has 0 bridgehead atoms. The Labute approximate surface area is 151 Å². The normalized spacial score (nSPS) is 14.8. The molecule has 3 aromatic rings. The average Bonchev–Trinajstić information content (AvgIpc) is 3.32. The van der Waals surface area contributed by atoms with E-state index in [4.69, 9.17) is 4.52 Å². The second kappa shape index (κ2) is 6.19. The summed E-state index contributed by atoms with van der Waals surface area (Å²) in [5, 5.41) is 16.0. The Morgan fingerprint density at radius 2 is 2.12 bits per heavy atom. The fourth-order valence-corrected chi connectivity index (χ4v) is 3.66. The van der Waals surface area contributed by atoms with Crippen molar-refractivity contribution in [2.75, 3.05) is 0 Å². The first-order valence-electron chi connectivity index (χ1n) is 8.95. The van der Waals surface area contributed by atoms with Gasteiger partial charge in [0.05, 0.1) is 22.7 Å². The quantitative estimate of drug-likeness (QED) is 0.773. The Morgan fingerprint density at radius 3 is 2.88 bits per heavy atom. The van der Waals surface area contributed by atoms with E-state index in [1.165, 1.54) is 0 Å². The zero-order chi connectivity index (χ0) is 18.4. The molecule has 4 rings (SSSR count). The number of rotatable bonds is 4. The van der Waals surface area contributed by atoms with Crippen molar-refractivity contribution in [2.45, 2.75) is 59.0 Å². The zero-order valence-corrected chi connectivity index (χ0v) is 15.4. The van der Waals surface area contributed by atoms with Gasteiger partial charge in [-0.05, 0) is 52.5 Å². The first-order chi connectivity index (χ1) is 12.5. The first-order valence-corrected chi connectivity index (χ1v) is 8.95. The van der Waals surface area contributed by atoms with E-state index < -0.39 is 0 Å². The van der Waals surface area contributed by atoms with Gasteiger partial charge in [-0.1, -0.05) is 5.16 Å². The van der Waals surface area contributed by atoms with E-state index in [1.807, 2.05) is 18.4 Å². The van der Waals surface area contributed by atoms with Crippen LogP contribution in [0, 0.1) is 6.92 Å². The lowest BCUT2D eigenvalue weighted by Gasteiger charge is -2.18. The van der Waals surface area contributed by atoms with Gasteiger partial charge in [0.2, 0.25) is 0 Å². The molecule has 0 aromatic carbocycles. The number of aromatic nitrogens is 5. The van der Waals surface area contributed by atoms with Crippen molar-refractivity contribution in [2.24, 2.45) is 0 Å². The van der Waals surface area contributed by atoms with Crippen LogP contribution in [-0.2, 0) is 12.8 Å². The van der Waals surface area contributed by atoms with Gasteiger partial charge >= 0.3 is 0 Å². The predicted octanol–water partition coefficient (Wildman–Crippen LogP) is 2.68. The van der Waals surface area contributed by atoms with Gasteiger partial charge in [0.25, 0.3) is 11.6 Å². The number of carbonyl (C=O) groups is 1. The predicted molar refractivity (Wildman–Crippen MR) is 94.9 cm³/mol. The van der Waals surface area contributed by atoms with Gasteiger partial charge in [-0.2, -0.15) is 0 Å². The minimum atomic E-state index is -0.271. The van der Waals surface area contributed by atoms with Crippen LogP contribution in [0.5, 0.6) is 0 Å². The van der Waals surface area contributed by atoms with Gasteiger partial charge < -0.3 is 14.4 Å². The summed E-state index contributed by atoms with van der Waals surface area (Å²) in [5.74, 6) is 0.588. The van der Waals surface area contributed by atoms with Crippen molar-refractivity contribution in [1.82, 2.24) is 30.2 Å². The van der Waals surface area contributed by atoms with Gasteiger partial charge in [-0.15, -0.1) is 10.2 Å². The molecule has 0 fully saturated rings. The van der Waals surface area contributed by atoms with Gasteiger partial charge in [-0.25, -0.2) is 4.98 Å². The summed E-state index contributed by atoms with van der Waals surface area (Å²) in [7, 11) is 0. The van der Waals surface area contributed by atoms with Crippen molar-refractivity contribution >= 4 is 17.0 Å². The van der Waals surface area contributed by atoms with Crippen molar-refractivity contribution in [3.05, 3.63) is 34.7 Å². The summed E-state index contributed by atoms with van der Waals surface area (Å²) in [4.78, 5) is 17.7. The fourth-order valence-electron chi connectivity index (χ4n) is 3.66. The molecular formula is C18H22N6O2. The highest BCUT2D eigenvalue weighted by atomic mass is 16.5. The SMILES string of the molecule is Cc1noc2nc3c(c(C(=O)N[C@@H](C)c4nncn4C(C)C)c12)CCC3. The molecule has 0 saturated heterocycles. The molecule has 0 unspecified atom stereocenters. The van der Waals surface area contributed by atoms with Crippen molar-refractivity contribution in [3.63, 3.8) is 0 Å². The number of carbonyl (C=O) groups excluding carboxylic acids is 1. The number of fused-ring (bicyclic) bond motifs is 2. The van der Waals surface area contributed by atoms with E-state index in [9.17, 15) is 4.79 Å². The number of pyridine rings is 1. The van der Waals surface area contributed by atoms with Crippen LogP contribution in [0.4, 0.5) is 0 Å². The molecule has 8 nitrogen and oxygen atoms in total. The molecule has 3 aromatic heterocycles. The van der Waals surface area contributed by atoms with E-state index in [0.717, 1.165) is 36.3 Å². The Hall–Kier alpha value is -2.77.